The molecule has 4 heteroatoms. The van der Waals surface area contributed by atoms with Crippen molar-refractivity contribution in [1.29, 1.82) is 0 Å². The minimum Gasteiger partial charge on any atom is -0.368 e. The topological polar surface area (TPSA) is 68.9 Å². The molecule has 0 fully saturated rings. The van der Waals surface area contributed by atoms with E-state index in [0.717, 1.165) is 18.5 Å². The van der Waals surface area contributed by atoms with Gasteiger partial charge in [-0.25, -0.2) is 9.97 Å². The van der Waals surface area contributed by atoms with Crippen molar-refractivity contribution in [3.8, 4) is 0 Å². The molecule has 26 heavy (non-hydrogen) atoms. The minimum absolute atomic E-state index is 0.114. The third kappa shape index (κ3) is 3.10. The Kier molecular flexibility index (Phi) is 4.25. The van der Waals surface area contributed by atoms with Crippen LogP contribution in [0.2, 0.25) is 0 Å². The summed E-state index contributed by atoms with van der Waals surface area (Å²) in [6, 6.07) is 18.8. The van der Waals surface area contributed by atoms with Gasteiger partial charge in [-0.05, 0) is 42.4 Å². The summed E-state index contributed by atoms with van der Waals surface area (Å²) in [4.78, 5) is 21.3. The molecule has 0 saturated carbocycles. The fourth-order valence-corrected chi connectivity index (χ4v) is 3.93. The predicted molar refractivity (Wildman–Crippen MR) is 102 cm³/mol. The van der Waals surface area contributed by atoms with Gasteiger partial charge in [-0.15, -0.1) is 0 Å². The SMILES string of the molecule is Cc1nc(N)nc2c1C(=O)CC(c1ccccc1Cc1ccccc1)C2. The van der Waals surface area contributed by atoms with Crippen molar-refractivity contribution in [3.63, 3.8) is 0 Å². The van der Waals surface area contributed by atoms with Gasteiger partial charge in [-0.3, -0.25) is 4.79 Å². The smallest absolute Gasteiger partial charge is 0.220 e. The average Bonchev–Trinajstić information content (AvgIpc) is 2.62. The van der Waals surface area contributed by atoms with Gasteiger partial charge >= 0.3 is 0 Å². The Morgan fingerprint density at radius 2 is 1.73 bits per heavy atom. The molecule has 1 atom stereocenters. The van der Waals surface area contributed by atoms with E-state index >= 15 is 0 Å². The largest absolute Gasteiger partial charge is 0.368 e. The van der Waals surface area contributed by atoms with Crippen molar-refractivity contribution in [2.24, 2.45) is 0 Å². The first-order valence-corrected chi connectivity index (χ1v) is 8.89. The number of fused-ring (bicyclic) bond motifs is 1. The zero-order chi connectivity index (χ0) is 18.1. The van der Waals surface area contributed by atoms with Crippen molar-refractivity contribution in [3.05, 3.63) is 88.2 Å². The fourth-order valence-electron chi connectivity index (χ4n) is 3.93. The molecule has 0 amide bonds. The number of aryl methyl sites for hydroxylation is 1. The Bertz CT molecular complexity index is 966. The van der Waals surface area contributed by atoms with E-state index in [-0.39, 0.29) is 17.6 Å². The van der Waals surface area contributed by atoms with Gasteiger partial charge in [0.15, 0.2) is 5.78 Å². The van der Waals surface area contributed by atoms with Crippen LogP contribution >= 0.6 is 0 Å². The first-order valence-electron chi connectivity index (χ1n) is 8.89. The van der Waals surface area contributed by atoms with E-state index in [1.165, 1.54) is 16.7 Å². The zero-order valence-electron chi connectivity index (χ0n) is 14.8. The highest BCUT2D eigenvalue weighted by atomic mass is 16.1. The first-order chi connectivity index (χ1) is 12.6. The van der Waals surface area contributed by atoms with E-state index in [0.29, 0.717) is 17.7 Å². The van der Waals surface area contributed by atoms with Crippen LogP contribution in [-0.2, 0) is 12.8 Å². The molecule has 1 unspecified atom stereocenters. The highest BCUT2D eigenvalue weighted by Gasteiger charge is 2.30. The van der Waals surface area contributed by atoms with E-state index in [1.54, 1.807) is 0 Å². The van der Waals surface area contributed by atoms with Crippen molar-refractivity contribution in [2.75, 3.05) is 5.73 Å². The number of Topliss-reactive ketones (excluding diaryl/α,β-unsaturated/α-hetero) is 1. The summed E-state index contributed by atoms with van der Waals surface area (Å²) < 4.78 is 0. The van der Waals surface area contributed by atoms with Crippen LogP contribution in [0.25, 0.3) is 0 Å². The summed E-state index contributed by atoms with van der Waals surface area (Å²) in [5.74, 6) is 0.485. The molecule has 1 aromatic heterocycles. The summed E-state index contributed by atoms with van der Waals surface area (Å²) >= 11 is 0. The van der Waals surface area contributed by atoms with E-state index in [1.807, 2.05) is 19.1 Å². The highest BCUT2D eigenvalue weighted by molar-refractivity contribution is 5.99. The van der Waals surface area contributed by atoms with Gasteiger partial charge in [0.2, 0.25) is 5.95 Å². The second kappa shape index (κ2) is 6.71. The third-order valence-electron chi connectivity index (χ3n) is 5.06. The lowest BCUT2D eigenvalue weighted by molar-refractivity contribution is 0.0962. The molecule has 4 rings (SSSR count). The van der Waals surface area contributed by atoms with Gasteiger partial charge in [-0.2, -0.15) is 0 Å². The first kappa shape index (κ1) is 16.5. The second-order valence-electron chi connectivity index (χ2n) is 6.88. The Hall–Kier alpha value is -3.01. The molecule has 0 saturated heterocycles. The Morgan fingerprint density at radius 3 is 2.54 bits per heavy atom. The monoisotopic (exact) mass is 343 g/mol. The van der Waals surface area contributed by atoms with Crippen LogP contribution in [0, 0.1) is 6.92 Å². The molecule has 2 aromatic carbocycles. The summed E-state index contributed by atoms with van der Waals surface area (Å²) in [7, 11) is 0. The van der Waals surface area contributed by atoms with Crippen LogP contribution in [0.3, 0.4) is 0 Å². The summed E-state index contributed by atoms with van der Waals surface area (Å²) in [6.45, 7) is 1.83. The molecule has 3 aromatic rings. The predicted octanol–water partition coefficient (Wildman–Crippen LogP) is 3.87. The number of hydrogen-bond donors (Lipinski definition) is 1. The molecule has 0 bridgehead atoms. The van der Waals surface area contributed by atoms with Gasteiger partial charge in [-0.1, -0.05) is 54.6 Å². The van der Waals surface area contributed by atoms with E-state index in [2.05, 4.69) is 52.4 Å². The van der Waals surface area contributed by atoms with Gasteiger partial charge in [0.1, 0.15) is 0 Å². The van der Waals surface area contributed by atoms with E-state index in [9.17, 15) is 4.79 Å². The number of nitrogen functional groups attached to an aromatic ring is 1. The van der Waals surface area contributed by atoms with Crippen LogP contribution in [0.15, 0.2) is 54.6 Å². The third-order valence-corrected chi connectivity index (χ3v) is 5.06. The van der Waals surface area contributed by atoms with Crippen molar-refractivity contribution in [2.45, 2.75) is 32.1 Å². The summed E-state index contributed by atoms with van der Waals surface area (Å²) in [5, 5.41) is 0. The quantitative estimate of drug-likeness (QED) is 0.784. The van der Waals surface area contributed by atoms with Crippen molar-refractivity contribution >= 4 is 11.7 Å². The molecule has 2 N–H and O–H groups in total. The number of nitrogens with two attached hydrogens (primary N) is 1. The Balaban J connectivity index is 1.70. The Morgan fingerprint density at radius 1 is 1.00 bits per heavy atom. The van der Waals surface area contributed by atoms with Crippen LogP contribution in [0.4, 0.5) is 5.95 Å². The number of carbonyl (C=O) groups is 1. The number of nitrogens with zero attached hydrogens (tertiary/aromatic N) is 2. The molecule has 1 aliphatic carbocycles. The van der Waals surface area contributed by atoms with Gasteiger partial charge in [0.25, 0.3) is 0 Å². The molecule has 130 valence electrons. The maximum atomic E-state index is 12.8. The zero-order valence-corrected chi connectivity index (χ0v) is 14.8. The van der Waals surface area contributed by atoms with Crippen LogP contribution < -0.4 is 5.73 Å². The lowest BCUT2D eigenvalue weighted by Gasteiger charge is -2.26. The number of hydrogen-bond acceptors (Lipinski definition) is 4. The highest BCUT2D eigenvalue weighted by Crippen LogP contribution is 2.35. The van der Waals surface area contributed by atoms with Crippen LogP contribution in [0.5, 0.6) is 0 Å². The molecule has 0 spiro atoms. The molecular weight excluding hydrogens is 322 g/mol. The average molecular weight is 343 g/mol. The molecule has 0 aliphatic heterocycles. The number of carbonyl (C=O) groups excluding carboxylic acids is 1. The number of rotatable bonds is 3. The lowest BCUT2D eigenvalue weighted by Crippen LogP contribution is -2.23. The maximum absolute atomic E-state index is 12.8. The van der Waals surface area contributed by atoms with E-state index in [4.69, 9.17) is 5.73 Å². The summed E-state index contributed by atoms with van der Waals surface area (Å²) in [6.07, 6.45) is 2.08. The van der Waals surface area contributed by atoms with Crippen molar-refractivity contribution in [1.82, 2.24) is 9.97 Å². The number of benzene rings is 2. The van der Waals surface area contributed by atoms with Gasteiger partial charge in [0.05, 0.1) is 17.0 Å². The van der Waals surface area contributed by atoms with Gasteiger partial charge in [0, 0.05) is 6.42 Å². The van der Waals surface area contributed by atoms with Crippen LogP contribution in [0.1, 0.15) is 50.8 Å². The Labute approximate surface area is 153 Å². The number of ketones is 1. The van der Waals surface area contributed by atoms with Crippen molar-refractivity contribution < 1.29 is 4.79 Å². The van der Waals surface area contributed by atoms with E-state index < -0.39 is 0 Å². The normalized spacial score (nSPS) is 16.3. The fraction of sp³-hybridized carbons (Fsp3) is 0.227. The standard InChI is InChI=1S/C22H21N3O/c1-14-21-19(25-22(23)24-14)12-17(13-20(21)26)18-10-6-5-9-16(18)11-15-7-3-2-4-8-15/h2-10,17H,11-13H2,1H3,(H2,23,24,25). The molecule has 1 heterocycles. The number of aromatic nitrogens is 2. The molecule has 4 nitrogen and oxygen atoms in total. The number of anilines is 1. The molecule has 1 aliphatic rings. The van der Waals surface area contributed by atoms with Crippen LogP contribution in [-0.4, -0.2) is 15.8 Å². The molecule has 0 radical (unpaired) electrons. The van der Waals surface area contributed by atoms with Gasteiger partial charge < -0.3 is 5.73 Å². The summed E-state index contributed by atoms with van der Waals surface area (Å²) in [5.41, 5.74) is 11.7. The minimum atomic E-state index is 0.114. The molecular formula is C22H21N3O. The second-order valence-corrected chi connectivity index (χ2v) is 6.88. The lowest BCUT2D eigenvalue weighted by atomic mass is 9.79. The maximum Gasteiger partial charge on any atom is 0.220 e.